The van der Waals surface area contributed by atoms with Gasteiger partial charge in [0.15, 0.2) is 0 Å². The van der Waals surface area contributed by atoms with Crippen LogP contribution >= 0.6 is 11.6 Å². The number of carboxylic acid groups (broad SMARTS) is 1. The van der Waals surface area contributed by atoms with Gasteiger partial charge in [-0.3, -0.25) is 4.90 Å². The second kappa shape index (κ2) is 12.5. The maximum atomic E-state index is 11.8. The summed E-state index contributed by atoms with van der Waals surface area (Å²) >= 11 is 6.25. The number of anilines is 1. The van der Waals surface area contributed by atoms with Crippen LogP contribution in [0.15, 0.2) is 42.6 Å². The Balaban J connectivity index is 1.35. The number of benzene rings is 2. The standard InChI is InChI=1S/C29H35ClN4O4/c1-19(2)23-7-5-6-8-26(23)37-14-13-33-9-11-34(12-10-33)29-31-17-24(28(35)36)25(32-29)18-38-22-15-20(3)27(30)21(4)16-22/h5-8,15-17,19H,9-14,18H2,1-4H3,(H,35,36). The van der Waals surface area contributed by atoms with Crippen molar-refractivity contribution >= 4 is 23.5 Å². The molecule has 38 heavy (non-hydrogen) atoms. The van der Waals surface area contributed by atoms with Gasteiger partial charge in [0, 0.05) is 43.9 Å². The first-order valence-corrected chi connectivity index (χ1v) is 13.3. The minimum absolute atomic E-state index is 0.0207. The molecule has 1 N–H and O–H groups in total. The van der Waals surface area contributed by atoms with E-state index in [0.29, 0.717) is 34.9 Å². The van der Waals surface area contributed by atoms with E-state index >= 15 is 0 Å². The van der Waals surface area contributed by atoms with Gasteiger partial charge in [0.1, 0.15) is 30.3 Å². The lowest BCUT2D eigenvalue weighted by atomic mass is 10.0. The monoisotopic (exact) mass is 538 g/mol. The molecule has 0 amide bonds. The van der Waals surface area contributed by atoms with Gasteiger partial charge in [-0.25, -0.2) is 14.8 Å². The number of halogens is 1. The van der Waals surface area contributed by atoms with Crippen LogP contribution in [0.4, 0.5) is 5.95 Å². The molecule has 0 unspecified atom stereocenters. The predicted molar refractivity (Wildman–Crippen MR) is 149 cm³/mol. The molecule has 0 atom stereocenters. The second-order valence-electron chi connectivity index (χ2n) is 9.86. The molecular weight excluding hydrogens is 504 g/mol. The van der Waals surface area contributed by atoms with E-state index in [2.05, 4.69) is 39.7 Å². The molecule has 0 radical (unpaired) electrons. The van der Waals surface area contributed by atoms with Crippen LogP contribution in [0.3, 0.4) is 0 Å². The summed E-state index contributed by atoms with van der Waals surface area (Å²) in [5.74, 6) is 1.41. The van der Waals surface area contributed by atoms with Crippen LogP contribution in [0.2, 0.25) is 5.02 Å². The highest BCUT2D eigenvalue weighted by Crippen LogP contribution is 2.27. The molecule has 1 aromatic heterocycles. The zero-order valence-electron chi connectivity index (χ0n) is 22.4. The summed E-state index contributed by atoms with van der Waals surface area (Å²) in [6, 6.07) is 11.9. The van der Waals surface area contributed by atoms with Gasteiger partial charge in [-0.1, -0.05) is 43.6 Å². The Morgan fingerprint density at radius 1 is 1.08 bits per heavy atom. The van der Waals surface area contributed by atoms with E-state index in [1.807, 2.05) is 44.2 Å². The van der Waals surface area contributed by atoms with Crippen LogP contribution in [0.1, 0.15) is 52.5 Å². The van der Waals surface area contributed by atoms with Crippen molar-refractivity contribution in [2.45, 2.75) is 40.2 Å². The van der Waals surface area contributed by atoms with Crippen molar-refractivity contribution in [3.63, 3.8) is 0 Å². The van der Waals surface area contributed by atoms with Crippen molar-refractivity contribution in [3.8, 4) is 11.5 Å². The highest BCUT2D eigenvalue weighted by molar-refractivity contribution is 6.32. The fourth-order valence-corrected chi connectivity index (χ4v) is 4.64. The zero-order chi connectivity index (χ0) is 27.2. The summed E-state index contributed by atoms with van der Waals surface area (Å²) in [5.41, 5.74) is 3.40. The fraction of sp³-hybridized carbons (Fsp3) is 0.414. The molecule has 1 saturated heterocycles. The molecule has 8 nitrogen and oxygen atoms in total. The lowest BCUT2D eigenvalue weighted by Gasteiger charge is -2.34. The normalized spacial score (nSPS) is 14.1. The number of rotatable bonds is 10. The van der Waals surface area contributed by atoms with E-state index in [4.69, 9.17) is 21.1 Å². The number of carbonyl (C=O) groups is 1. The van der Waals surface area contributed by atoms with Crippen molar-refractivity contribution in [2.24, 2.45) is 0 Å². The number of hydrogen-bond donors (Lipinski definition) is 1. The van der Waals surface area contributed by atoms with E-state index in [9.17, 15) is 9.90 Å². The second-order valence-corrected chi connectivity index (χ2v) is 10.2. The van der Waals surface area contributed by atoms with Gasteiger partial charge in [0.2, 0.25) is 5.95 Å². The van der Waals surface area contributed by atoms with E-state index in [1.165, 1.54) is 11.8 Å². The molecule has 0 aliphatic carbocycles. The van der Waals surface area contributed by atoms with E-state index < -0.39 is 5.97 Å². The molecule has 3 aromatic rings. The first-order chi connectivity index (χ1) is 18.2. The van der Waals surface area contributed by atoms with Gasteiger partial charge < -0.3 is 19.5 Å². The minimum atomic E-state index is -1.08. The quantitative estimate of drug-likeness (QED) is 0.369. The Kier molecular flexibility index (Phi) is 9.07. The highest BCUT2D eigenvalue weighted by Gasteiger charge is 2.22. The van der Waals surface area contributed by atoms with Gasteiger partial charge in [0.05, 0.1) is 5.69 Å². The van der Waals surface area contributed by atoms with Gasteiger partial charge >= 0.3 is 5.97 Å². The number of aryl methyl sites for hydroxylation is 2. The Labute approximate surface area is 229 Å². The summed E-state index contributed by atoms with van der Waals surface area (Å²) in [4.78, 5) is 25.2. The van der Waals surface area contributed by atoms with Crippen molar-refractivity contribution in [1.29, 1.82) is 0 Å². The van der Waals surface area contributed by atoms with Crippen molar-refractivity contribution in [2.75, 3.05) is 44.2 Å². The molecule has 202 valence electrons. The van der Waals surface area contributed by atoms with Crippen molar-refractivity contribution < 1.29 is 19.4 Å². The maximum Gasteiger partial charge on any atom is 0.339 e. The van der Waals surface area contributed by atoms with Crippen molar-refractivity contribution in [3.05, 3.63) is 75.6 Å². The van der Waals surface area contributed by atoms with Crippen molar-refractivity contribution in [1.82, 2.24) is 14.9 Å². The number of ether oxygens (including phenoxy) is 2. The molecule has 9 heteroatoms. The highest BCUT2D eigenvalue weighted by atomic mass is 35.5. The van der Waals surface area contributed by atoms with Gasteiger partial charge in [-0.2, -0.15) is 0 Å². The molecular formula is C29H35ClN4O4. The van der Waals surface area contributed by atoms with Crippen LogP contribution in [0, 0.1) is 13.8 Å². The van der Waals surface area contributed by atoms with E-state index in [0.717, 1.165) is 49.6 Å². The molecule has 2 heterocycles. The lowest BCUT2D eigenvalue weighted by molar-refractivity contribution is 0.0692. The van der Waals surface area contributed by atoms with Gasteiger partial charge in [0.25, 0.3) is 0 Å². The Morgan fingerprint density at radius 3 is 2.42 bits per heavy atom. The average molecular weight is 539 g/mol. The Bertz CT molecular complexity index is 1250. The lowest BCUT2D eigenvalue weighted by Crippen LogP contribution is -2.48. The topological polar surface area (TPSA) is 88.0 Å². The van der Waals surface area contributed by atoms with Gasteiger partial charge in [-0.05, 0) is 54.7 Å². The third-order valence-corrected chi connectivity index (χ3v) is 7.33. The summed E-state index contributed by atoms with van der Waals surface area (Å²) in [7, 11) is 0. The fourth-order valence-electron chi connectivity index (χ4n) is 4.53. The molecule has 1 aliphatic heterocycles. The third-order valence-electron chi connectivity index (χ3n) is 6.73. The molecule has 2 aromatic carbocycles. The molecule has 0 bridgehead atoms. The first kappa shape index (κ1) is 27.7. The first-order valence-electron chi connectivity index (χ1n) is 12.9. The minimum Gasteiger partial charge on any atom is -0.492 e. The van der Waals surface area contributed by atoms with E-state index in [1.54, 1.807) is 0 Å². The Morgan fingerprint density at radius 2 is 1.76 bits per heavy atom. The summed E-state index contributed by atoms with van der Waals surface area (Å²) in [6.07, 6.45) is 1.37. The smallest absolute Gasteiger partial charge is 0.339 e. The number of piperazine rings is 1. The van der Waals surface area contributed by atoms with Crippen LogP contribution in [0.25, 0.3) is 0 Å². The largest absolute Gasteiger partial charge is 0.492 e. The van der Waals surface area contributed by atoms with Crippen LogP contribution < -0.4 is 14.4 Å². The predicted octanol–water partition coefficient (Wildman–Crippen LogP) is 5.35. The Hall–Kier alpha value is -3.36. The number of hydrogen-bond acceptors (Lipinski definition) is 7. The summed E-state index contributed by atoms with van der Waals surface area (Å²) in [6.45, 7) is 12.8. The molecule has 1 aliphatic rings. The summed E-state index contributed by atoms with van der Waals surface area (Å²) in [5, 5.41) is 10.3. The summed E-state index contributed by atoms with van der Waals surface area (Å²) < 4.78 is 12.0. The van der Waals surface area contributed by atoms with Crippen LogP contribution in [-0.4, -0.2) is 65.3 Å². The van der Waals surface area contributed by atoms with Crippen LogP contribution in [0.5, 0.6) is 11.5 Å². The number of nitrogens with zero attached hydrogens (tertiary/aromatic N) is 4. The maximum absolute atomic E-state index is 11.8. The van der Waals surface area contributed by atoms with Gasteiger partial charge in [-0.15, -0.1) is 0 Å². The number of carboxylic acids is 1. The zero-order valence-corrected chi connectivity index (χ0v) is 23.2. The molecule has 1 fully saturated rings. The molecule has 0 spiro atoms. The number of para-hydroxylation sites is 1. The number of aromatic carboxylic acids is 1. The third kappa shape index (κ3) is 6.74. The molecule has 4 rings (SSSR count). The molecule has 0 saturated carbocycles. The number of aromatic nitrogens is 2. The van der Waals surface area contributed by atoms with E-state index in [-0.39, 0.29) is 12.2 Å². The van der Waals surface area contributed by atoms with Crippen LogP contribution in [-0.2, 0) is 6.61 Å². The SMILES string of the molecule is Cc1cc(OCc2nc(N3CCN(CCOc4ccccc4C(C)C)CC3)ncc2C(=O)O)cc(C)c1Cl. The average Bonchev–Trinajstić information content (AvgIpc) is 2.90.